The number of benzene rings is 3. The molecule has 3 aromatic carbocycles. The highest BCUT2D eigenvalue weighted by atomic mass is 35.5. The van der Waals surface area contributed by atoms with Crippen LogP contribution in [0.3, 0.4) is 0 Å². The molecule has 0 unspecified atom stereocenters. The van der Waals surface area contributed by atoms with Crippen LogP contribution in [0.25, 0.3) is 0 Å². The van der Waals surface area contributed by atoms with Crippen LogP contribution in [0.15, 0.2) is 72.8 Å². The average Bonchev–Trinajstić information content (AvgIpc) is 3.39. The average molecular weight is 1090 g/mol. The number of carbonyl (C=O) groups is 9. The normalized spacial score (nSPS) is 11.9. The lowest BCUT2D eigenvalue weighted by Gasteiger charge is -2.22. The fourth-order valence-corrected chi connectivity index (χ4v) is 8.17. The van der Waals surface area contributed by atoms with E-state index >= 15 is 0 Å². The van der Waals surface area contributed by atoms with Crippen LogP contribution in [-0.2, 0) is 43.2 Å². The summed E-state index contributed by atoms with van der Waals surface area (Å²) in [5.41, 5.74) is 21.2. The summed E-state index contributed by atoms with van der Waals surface area (Å²) in [4.78, 5) is 113. The van der Waals surface area contributed by atoms with E-state index in [0.29, 0.717) is 133 Å². The van der Waals surface area contributed by atoms with Crippen molar-refractivity contribution in [2.75, 3.05) is 55.2 Å². The van der Waals surface area contributed by atoms with Crippen molar-refractivity contribution in [3.8, 4) is 0 Å². The molecule has 0 spiro atoms. The summed E-state index contributed by atoms with van der Waals surface area (Å²) in [6.07, 6.45) is 6.65. The van der Waals surface area contributed by atoms with Gasteiger partial charge in [0.25, 0.3) is 0 Å². The Kier molecular flexibility index (Phi) is 32.4. The van der Waals surface area contributed by atoms with Crippen LogP contribution >= 0.6 is 12.4 Å². The molecule has 0 aliphatic carbocycles. The summed E-state index contributed by atoms with van der Waals surface area (Å²) >= 11 is 0. The third-order valence-corrected chi connectivity index (χ3v) is 12.2. The van der Waals surface area contributed by atoms with Gasteiger partial charge in [-0.2, -0.15) is 0 Å². The monoisotopic (exact) mass is 1090 g/mol. The van der Waals surface area contributed by atoms with E-state index in [1.54, 1.807) is 36.4 Å². The third kappa shape index (κ3) is 27.1. The van der Waals surface area contributed by atoms with Crippen molar-refractivity contribution in [1.82, 2.24) is 31.9 Å². The maximum Gasteiger partial charge on any atom is 0.246 e. The Morgan fingerprint density at radius 2 is 0.623 bits per heavy atom. The molecular formula is C55H83ClN12O9. The lowest BCUT2D eigenvalue weighted by atomic mass is 9.85. The summed E-state index contributed by atoms with van der Waals surface area (Å²) in [6.45, 7) is 6.54. The number of amides is 9. The number of rotatable bonds is 36. The molecule has 0 aliphatic rings. The number of nitrogens with one attached hydrogen (secondary N) is 9. The minimum absolute atomic E-state index is 0. The second-order valence-electron chi connectivity index (χ2n) is 18.7. The predicted molar refractivity (Wildman–Crippen MR) is 302 cm³/mol. The molecule has 9 amide bonds. The molecule has 77 heavy (non-hydrogen) atoms. The van der Waals surface area contributed by atoms with E-state index in [1.165, 1.54) is 20.8 Å². The highest BCUT2D eigenvalue weighted by Crippen LogP contribution is 2.34. The number of unbranched alkanes of at least 4 members (excludes halogenated alkanes) is 3. The molecule has 15 N–H and O–H groups in total. The van der Waals surface area contributed by atoms with Crippen molar-refractivity contribution in [2.45, 2.75) is 141 Å². The summed E-state index contributed by atoms with van der Waals surface area (Å²) in [7, 11) is 0. The van der Waals surface area contributed by atoms with Gasteiger partial charge in [-0.05, 0) is 150 Å². The van der Waals surface area contributed by atoms with Gasteiger partial charge in [0, 0.05) is 82.6 Å². The fourth-order valence-electron chi connectivity index (χ4n) is 8.17. The van der Waals surface area contributed by atoms with E-state index < -0.39 is 41.8 Å². The van der Waals surface area contributed by atoms with Crippen LogP contribution < -0.4 is 65.1 Å². The number of nitrogens with two attached hydrogens (primary N) is 3. The summed E-state index contributed by atoms with van der Waals surface area (Å²) in [5, 5.41) is 25.3. The molecule has 424 valence electrons. The number of halogens is 1. The molecule has 3 rings (SSSR count). The van der Waals surface area contributed by atoms with Crippen LogP contribution in [-0.4, -0.2) is 111 Å². The quantitative estimate of drug-likeness (QED) is 0.0293. The van der Waals surface area contributed by atoms with E-state index in [1.807, 2.05) is 36.4 Å². The Hall–Kier alpha value is -6.94. The SMILES string of the molecule is CC(=O)NCCCC(=O)N[C@H](CCCCN)C(=O)Nc1ccc(C(c2ccc(NC(=O)[C@@H](CCCCN)NC(=O)CCCNC(C)=O)cc2)c2ccc(NC(=O)[C@@H](CCCCN)NC(=O)CCCNC(C)=O)cc2)cc1.Cl. The van der Waals surface area contributed by atoms with E-state index in [2.05, 4.69) is 47.9 Å². The maximum atomic E-state index is 13.7. The minimum atomic E-state index is -0.817. The van der Waals surface area contributed by atoms with Crippen LogP contribution in [0, 0.1) is 0 Å². The Morgan fingerprint density at radius 3 is 0.844 bits per heavy atom. The standard InChI is InChI=1S/C55H82N12O9.ClH/c1-37(68)59-34-10-16-49(71)65-46(13-4-7-31-56)53(74)62-43-25-19-40(20-26-43)52(41-21-27-44(28-22-41)63-54(75)47(14-5-8-32-57)66-50(72)17-11-35-60-38(2)69)42-23-29-45(30-24-42)64-55(76)48(15-6-9-33-58)67-51(73)18-12-36-61-39(3)70;/h19-30,46-48,52H,4-18,31-36,56-58H2,1-3H3,(H,59,68)(H,60,69)(H,61,70)(H,62,74)(H,63,75)(H,64,76)(H,65,71)(H,66,72)(H,67,73);1H/t46-,47-,48-;/m1./s1. The van der Waals surface area contributed by atoms with Crippen LogP contribution in [0.4, 0.5) is 17.1 Å². The lowest BCUT2D eigenvalue weighted by molar-refractivity contribution is -0.126. The zero-order valence-electron chi connectivity index (χ0n) is 44.9. The Bertz CT molecular complexity index is 2070. The van der Waals surface area contributed by atoms with Crippen molar-refractivity contribution in [3.63, 3.8) is 0 Å². The van der Waals surface area contributed by atoms with Crippen LogP contribution in [0.2, 0.25) is 0 Å². The first-order chi connectivity index (χ1) is 36.5. The summed E-state index contributed by atoms with van der Waals surface area (Å²) in [5.74, 6) is -3.08. The molecule has 0 bridgehead atoms. The molecule has 0 aliphatic heterocycles. The zero-order valence-corrected chi connectivity index (χ0v) is 45.7. The summed E-state index contributed by atoms with van der Waals surface area (Å²) in [6, 6.07) is 19.5. The summed E-state index contributed by atoms with van der Waals surface area (Å²) < 4.78 is 0. The first-order valence-electron chi connectivity index (χ1n) is 26.5. The van der Waals surface area contributed by atoms with Crippen molar-refractivity contribution in [3.05, 3.63) is 89.5 Å². The lowest BCUT2D eigenvalue weighted by Crippen LogP contribution is -2.44. The molecule has 21 nitrogen and oxygen atoms in total. The predicted octanol–water partition coefficient (Wildman–Crippen LogP) is 3.69. The highest BCUT2D eigenvalue weighted by molar-refractivity contribution is 5.99. The van der Waals surface area contributed by atoms with E-state index in [0.717, 1.165) is 16.7 Å². The largest absolute Gasteiger partial charge is 0.356 e. The number of hydrogen-bond acceptors (Lipinski definition) is 12. The van der Waals surface area contributed by atoms with Crippen molar-refractivity contribution < 1.29 is 43.2 Å². The molecule has 3 atom stereocenters. The van der Waals surface area contributed by atoms with E-state index in [9.17, 15) is 43.2 Å². The van der Waals surface area contributed by atoms with Crippen LogP contribution in [0.5, 0.6) is 0 Å². The van der Waals surface area contributed by atoms with Gasteiger partial charge in [-0.25, -0.2) is 0 Å². The van der Waals surface area contributed by atoms with Gasteiger partial charge in [-0.1, -0.05) is 36.4 Å². The van der Waals surface area contributed by atoms with E-state index in [4.69, 9.17) is 17.2 Å². The first kappa shape index (κ1) is 66.2. The molecule has 0 radical (unpaired) electrons. The molecule has 0 fully saturated rings. The van der Waals surface area contributed by atoms with Gasteiger partial charge in [0.05, 0.1) is 0 Å². The Balaban J connectivity index is 0.0000203. The second kappa shape index (κ2) is 37.7. The van der Waals surface area contributed by atoms with Gasteiger partial charge in [0.2, 0.25) is 53.2 Å². The third-order valence-electron chi connectivity index (χ3n) is 12.2. The van der Waals surface area contributed by atoms with Gasteiger partial charge in [0.15, 0.2) is 0 Å². The molecule has 0 aromatic heterocycles. The first-order valence-corrected chi connectivity index (χ1v) is 26.5. The molecule has 0 saturated heterocycles. The molecule has 0 saturated carbocycles. The van der Waals surface area contributed by atoms with Gasteiger partial charge >= 0.3 is 0 Å². The van der Waals surface area contributed by atoms with Gasteiger partial charge in [-0.15, -0.1) is 12.4 Å². The van der Waals surface area contributed by atoms with Gasteiger partial charge in [-0.3, -0.25) is 43.2 Å². The fraction of sp³-hybridized carbons (Fsp3) is 0.509. The molecule has 3 aromatic rings. The number of carbonyl (C=O) groups excluding carboxylic acids is 9. The Morgan fingerprint density at radius 1 is 0.377 bits per heavy atom. The molecule has 0 heterocycles. The smallest absolute Gasteiger partial charge is 0.246 e. The molecular weight excluding hydrogens is 1010 g/mol. The van der Waals surface area contributed by atoms with Crippen molar-refractivity contribution in [2.24, 2.45) is 17.2 Å². The highest BCUT2D eigenvalue weighted by Gasteiger charge is 2.25. The van der Waals surface area contributed by atoms with Crippen LogP contribution in [0.1, 0.15) is 140 Å². The molecule has 22 heteroatoms. The number of anilines is 3. The zero-order chi connectivity index (χ0) is 55.7. The second-order valence-corrected chi connectivity index (χ2v) is 18.7. The van der Waals surface area contributed by atoms with Crippen molar-refractivity contribution in [1.29, 1.82) is 0 Å². The van der Waals surface area contributed by atoms with Gasteiger partial charge < -0.3 is 65.1 Å². The Labute approximate surface area is 459 Å². The van der Waals surface area contributed by atoms with Gasteiger partial charge in [0.1, 0.15) is 18.1 Å². The minimum Gasteiger partial charge on any atom is -0.356 e. The van der Waals surface area contributed by atoms with E-state index in [-0.39, 0.29) is 67.1 Å². The number of hydrogen-bond donors (Lipinski definition) is 12. The topological polar surface area (TPSA) is 340 Å². The maximum absolute atomic E-state index is 13.7. The van der Waals surface area contributed by atoms with Crippen molar-refractivity contribution >= 4 is 82.6 Å².